The van der Waals surface area contributed by atoms with Crippen LogP contribution in [0.3, 0.4) is 0 Å². The highest BCUT2D eigenvalue weighted by Crippen LogP contribution is 2.20. The molecule has 2 amide bonds. The molecule has 142 valence electrons. The number of hydrogen-bond donors (Lipinski definition) is 3. The molecular weight excluding hydrogens is 340 g/mol. The van der Waals surface area contributed by atoms with Gasteiger partial charge in [-0.25, -0.2) is 4.98 Å². The number of amides is 2. The van der Waals surface area contributed by atoms with Crippen molar-refractivity contribution in [1.82, 2.24) is 10.3 Å². The highest BCUT2D eigenvalue weighted by Gasteiger charge is 2.16. The van der Waals surface area contributed by atoms with Crippen molar-refractivity contribution in [3.8, 4) is 0 Å². The predicted molar refractivity (Wildman–Crippen MR) is 107 cm³/mol. The molecule has 0 radical (unpaired) electrons. The van der Waals surface area contributed by atoms with Crippen molar-refractivity contribution in [2.75, 3.05) is 10.6 Å². The van der Waals surface area contributed by atoms with Gasteiger partial charge >= 0.3 is 0 Å². The fourth-order valence-electron chi connectivity index (χ4n) is 3.29. The second-order valence-electron chi connectivity index (χ2n) is 6.98. The minimum atomic E-state index is -0.104. The Morgan fingerprint density at radius 3 is 2.11 bits per heavy atom. The van der Waals surface area contributed by atoms with Crippen LogP contribution in [0.2, 0.25) is 0 Å². The number of anilines is 3. The Hall–Kier alpha value is -2.89. The van der Waals surface area contributed by atoms with E-state index >= 15 is 0 Å². The highest BCUT2D eigenvalue weighted by atomic mass is 16.2. The molecule has 1 saturated carbocycles. The summed E-state index contributed by atoms with van der Waals surface area (Å²) >= 11 is 0. The van der Waals surface area contributed by atoms with Crippen LogP contribution in [0.15, 0.2) is 42.6 Å². The van der Waals surface area contributed by atoms with Crippen molar-refractivity contribution in [3.05, 3.63) is 48.3 Å². The van der Waals surface area contributed by atoms with E-state index in [1.807, 2.05) is 30.3 Å². The molecule has 1 heterocycles. The minimum Gasteiger partial charge on any atom is -0.354 e. The Bertz CT molecular complexity index is 764. The standard InChI is InChI=1S/C21H26N4O2/c1-15(26)23-17-8-10-18(11-9-17)24-19-12-13-20(22-14-19)21(27)25-16-6-4-2-3-5-7-16/h8-14,16,24H,2-7H2,1H3,(H,23,26)(H,25,27). The molecule has 0 spiro atoms. The van der Waals surface area contributed by atoms with E-state index in [1.54, 1.807) is 12.3 Å². The van der Waals surface area contributed by atoms with Crippen LogP contribution < -0.4 is 16.0 Å². The molecule has 1 aliphatic carbocycles. The average molecular weight is 366 g/mol. The maximum absolute atomic E-state index is 12.4. The Kier molecular flexibility index (Phi) is 6.41. The number of rotatable bonds is 5. The first-order valence-electron chi connectivity index (χ1n) is 9.52. The average Bonchev–Trinajstić information content (AvgIpc) is 2.92. The molecule has 3 N–H and O–H groups in total. The van der Waals surface area contributed by atoms with E-state index in [-0.39, 0.29) is 17.9 Å². The van der Waals surface area contributed by atoms with Gasteiger partial charge in [-0.15, -0.1) is 0 Å². The Morgan fingerprint density at radius 2 is 1.52 bits per heavy atom. The lowest BCUT2D eigenvalue weighted by Gasteiger charge is -2.16. The summed E-state index contributed by atoms with van der Waals surface area (Å²) in [5.41, 5.74) is 2.86. The van der Waals surface area contributed by atoms with E-state index in [0.29, 0.717) is 5.69 Å². The third-order valence-electron chi connectivity index (χ3n) is 4.68. The molecule has 6 heteroatoms. The summed E-state index contributed by atoms with van der Waals surface area (Å²) in [4.78, 5) is 27.7. The molecular formula is C21H26N4O2. The molecule has 1 aromatic carbocycles. The van der Waals surface area contributed by atoms with E-state index in [2.05, 4.69) is 20.9 Å². The van der Waals surface area contributed by atoms with Crippen molar-refractivity contribution in [3.63, 3.8) is 0 Å². The van der Waals surface area contributed by atoms with Crippen LogP contribution in [-0.2, 0) is 4.79 Å². The molecule has 0 aliphatic heterocycles. The molecule has 2 aromatic rings. The molecule has 6 nitrogen and oxygen atoms in total. The van der Waals surface area contributed by atoms with Crippen LogP contribution in [0.1, 0.15) is 55.9 Å². The van der Waals surface area contributed by atoms with E-state index in [0.717, 1.165) is 29.9 Å². The number of carbonyl (C=O) groups excluding carboxylic acids is 2. The third kappa shape index (κ3) is 5.81. The first-order valence-corrected chi connectivity index (χ1v) is 9.52. The van der Waals surface area contributed by atoms with E-state index in [1.165, 1.54) is 32.6 Å². The summed E-state index contributed by atoms with van der Waals surface area (Å²) in [5.74, 6) is -0.203. The summed E-state index contributed by atoms with van der Waals surface area (Å²) in [6.07, 6.45) is 8.65. The Balaban J connectivity index is 1.56. The zero-order chi connectivity index (χ0) is 19.1. The molecule has 1 aromatic heterocycles. The smallest absolute Gasteiger partial charge is 0.270 e. The number of pyridine rings is 1. The lowest BCUT2D eigenvalue weighted by atomic mass is 10.1. The second kappa shape index (κ2) is 9.16. The van der Waals surface area contributed by atoms with E-state index in [9.17, 15) is 9.59 Å². The molecule has 1 aliphatic rings. The number of benzene rings is 1. The third-order valence-corrected chi connectivity index (χ3v) is 4.68. The molecule has 0 saturated heterocycles. The number of aromatic nitrogens is 1. The van der Waals surface area contributed by atoms with Crippen LogP contribution in [0.4, 0.5) is 17.1 Å². The lowest BCUT2D eigenvalue weighted by Crippen LogP contribution is -2.34. The van der Waals surface area contributed by atoms with Gasteiger partial charge in [0, 0.05) is 24.3 Å². The first kappa shape index (κ1) is 18.9. The van der Waals surface area contributed by atoms with Crippen LogP contribution in [0.25, 0.3) is 0 Å². The Morgan fingerprint density at radius 1 is 0.889 bits per heavy atom. The van der Waals surface area contributed by atoms with Crippen LogP contribution in [0.5, 0.6) is 0 Å². The number of carbonyl (C=O) groups is 2. The van der Waals surface area contributed by atoms with Crippen molar-refractivity contribution in [2.24, 2.45) is 0 Å². The van der Waals surface area contributed by atoms with Crippen molar-refractivity contribution in [1.29, 1.82) is 0 Å². The normalized spacial score (nSPS) is 14.9. The molecule has 0 atom stereocenters. The van der Waals surface area contributed by atoms with Crippen molar-refractivity contribution < 1.29 is 9.59 Å². The van der Waals surface area contributed by atoms with Gasteiger partial charge in [0.25, 0.3) is 5.91 Å². The van der Waals surface area contributed by atoms with Gasteiger partial charge in [0.1, 0.15) is 5.69 Å². The second-order valence-corrected chi connectivity index (χ2v) is 6.98. The quantitative estimate of drug-likeness (QED) is 0.691. The number of nitrogens with zero attached hydrogens (tertiary/aromatic N) is 1. The Labute approximate surface area is 159 Å². The minimum absolute atomic E-state index is 0.0994. The zero-order valence-electron chi connectivity index (χ0n) is 15.6. The zero-order valence-corrected chi connectivity index (χ0v) is 15.6. The van der Waals surface area contributed by atoms with Gasteiger partial charge in [0.15, 0.2) is 0 Å². The van der Waals surface area contributed by atoms with Gasteiger partial charge in [-0.05, 0) is 49.2 Å². The molecule has 3 rings (SSSR count). The predicted octanol–water partition coefficient (Wildman–Crippen LogP) is 4.24. The van der Waals surface area contributed by atoms with E-state index < -0.39 is 0 Å². The number of nitrogens with one attached hydrogen (secondary N) is 3. The molecule has 1 fully saturated rings. The van der Waals surface area contributed by atoms with Crippen molar-refractivity contribution in [2.45, 2.75) is 51.5 Å². The van der Waals surface area contributed by atoms with E-state index in [4.69, 9.17) is 0 Å². The van der Waals surface area contributed by atoms with Crippen LogP contribution in [-0.4, -0.2) is 22.8 Å². The van der Waals surface area contributed by atoms with Gasteiger partial charge in [0.2, 0.25) is 5.91 Å². The summed E-state index contributed by atoms with van der Waals surface area (Å²) < 4.78 is 0. The van der Waals surface area contributed by atoms with Gasteiger partial charge in [0.05, 0.1) is 11.9 Å². The van der Waals surface area contributed by atoms with Gasteiger partial charge in [-0.2, -0.15) is 0 Å². The SMILES string of the molecule is CC(=O)Nc1ccc(Nc2ccc(C(=O)NC3CCCCCC3)nc2)cc1. The summed E-state index contributed by atoms with van der Waals surface area (Å²) in [6, 6.07) is 11.2. The van der Waals surface area contributed by atoms with Crippen LogP contribution >= 0.6 is 0 Å². The fraction of sp³-hybridized carbons (Fsp3) is 0.381. The molecule has 0 bridgehead atoms. The maximum atomic E-state index is 12.4. The first-order chi connectivity index (χ1) is 13.1. The molecule has 27 heavy (non-hydrogen) atoms. The molecule has 0 unspecified atom stereocenters. The van der Waals surface area contributed by atoms with Gasteiger partial charge < -0.3 is 16.0 Å². The maximum Gasteiger partial charge on any atom is 0.270 e. The van der Waals surface area contributed by atoms with Gasteiger partial charge in [-0.1, -0.05) is 25.7 Å². The van der Waals surface area contributed by atoms with Crippen molar-refractivity contribution >= 4 is 28.9 Å². The lowest BCUT2D eigenvalue weighted by molar-refractivity contribution is -0.114. The largest absolute Gasteiger partial charge is 0.354 e. The summed E-state index contributed by atoms with van der Waals surface area (Å²) in [5, 5.41) is 9.07. The fourth-order valence-corrected chi connectivity index (χ4v) is 3.29. The van der Waals surface area contributed by atoms with Crippen LogP contribution in [0, 0.1) is 0 Å². The summed E-state index contributed by atoms with van der Waals surface area (Å²) in [7, 11) is 0. The number of hydrogen-bond acceptors (Lipinski definition) is 4. The topological polar surface area (TPSA) is 83.1 Å². The highest BCUT2D eigenvalue weighted by molar-refractivity contribution is 5.92. The monoisotopic (exact) mass is 366 g/mol. The van der Waals surface area contributed by atoms with Gasteiger partial charge in [-0.3, -0.25) is 9.59 Å². The summed E-state index contributed by atoms with van der Waals surface area (Å²) in [6.45, 7) is 1.48.